The van der Waals surface area contributed by atoms with Crippen LogP contribution in [0.2, 0.25) is 0 Å². The van der Waals surface area contributed by atoms with E-state index in [1.165, 1.54) is 11.1 Å². The highest BCUT2D eigenvalue weighted by Crippen LogP contribution is 2.49. The number of hydrogen-bond donors (Lipinski definition) is 0. The molecule has 0 spiro atoms. The molecule has 6 rings (SSSR count). The first-order chi connectivity index (χ1) is 22.2. The van der Waals surface area contributed by atoms with Gasteiger partial charge in [-0.25, -0.2) is 0 Å². The van der Waals surface area contributed by atoms with E-state index in [1.807, 2.05) is 27.7 Å². The summed E-state index contributed by atoms with van der Waals surface area (Å²) in [7, 11) is -1.98. The van der Waals surface area contributed by atoms with Crippen molar-refractivity contribution < 1.29 is 36.6 Å². The van der Waals surface area contributed by atoms with E-state index in [-0.39, 0.29) is 47.1 Å². The van der Waals surface area contributed by atoms with Crippen molar-refractivity contribution in [3.05, 3.63) is 46.5 Å². The summed E-state index contributed by atoms with van der Waals surface area (Å²) in [6, 6.07) is 9.17. The summed E-state index contributed by atoms with van der Waals surface area (Å²) in [6.45, 7) is 34.8. The van der Waals surface area contributed by atoms with Gasteiger partial charge in [-0.1, -0.05) is 95.2 Å². The molecule has 2 aromatic carbocycles. The van der Waals surface area contributed by atoms with Crippen molar-refractivity contribution >= 4 is 30.2 Å². The van der Waals surface area contributed by atoms with Crippen molar-refractivity contribution in [2.24, 2.45) is 0 Å². The van der Waals surface area contributed by atoms with Crippen molar-refractivity contribution in [2.45, 2.75) is 168 Å². The van der Waals surface area contributed by atoms with Gasteiger partial charge in [0.2, 0.25) is 5.79 Å². The Bertz CT molecular complexity index is 1700. The maximum absolute atomic E-state index is 6.98. The molecule has 3 aromatic rings. The normalized spacial score (nSPS) is 27.1. The van der Waals surface area contributed by atoms with Gasteiger partial charge in [-0.15, -0.1) is 0 Å². The van der Waals surface area contributed by atoms with Crippen molar-refractivity contribution in [3.63, 3.8) is 0 Å². The zero-order valence-corrected chi connectivity index (χ0v) is 33.6. The van der Waals surface area contributed by atoms with Gasteiger partial charge in [0.1, 0.15) is 36.1 Å². The minimum Gasteiger partial charge on any atom is -0.399 e. The van der Waals surface area contributed by atoms with E-state index >= 15 is 0 Å². The highest BCUT2D eigenvalue weighted by Gasteiger charge is 2.65. The summed E-state index contributed by atoms with van der Waals surface area (Å²) in [6.07, 6.45) is -1.24. The molecule has 4 atom stereocenters. The van der Waals surface area contributed by atoms with Crippen LogP contribution >= 0.6 is 8.24 Å². The largest absolute Gasteiger partial charge is 0.399 e. The lowest BCUT2D eigenvalue weighted by molar-refractivity contribution is -0.288. The van der Waals surface area contributed by atoms with E-state index < -0.39 is 31.7 Å². The number of hydrogen-bond acceptors (Lipinski definition) is 8. The van der Waals surface area contributed by atoms with E-state index in [0.717, 1.165) is 33.1 Å². The second kappa shape index (κ2) is 11.6. The molecule has 0 aliphatic carbocycles. The van der Waals surface area contributed by atoms with Crippen LogP contribution in [-0.4, -0.2) is 48.9 Å². The maximum Gasteiger partial charge on any atom is 0.387 e. The van der Waals surface area contributed by atoms with Gasteiger partial charge in [-0.3, -0.25) is 4.52 Å². The molecule has 272 valence electrons. The van der Waals surface area contributed by atoms with Crippen LogP contribution in [-0.2, 0) is 45.3 Å². The standard InChI is InChI=1S/C40H59O8P/c1-34(2,3)23-17-25-26-18-24(35(4,5)6)20-28(37(10,11)12)31(26)47-49(46-30(25)27(19-23)36(7,8)9)42-22-40-33(45-39(15,16)48-40)32-29(21-41-40)43-38(13,14)44-32/h17-20,29,32-33H,21-22H2,1-16H3/t29-,32-,33+,40+/m0/s1. The Morgan fingerprint density at radius 1 is 0.653 bits per heavy atom. The van der Waals surface area contributed by atoms with Crippen LogP contribution in [0.15, 0.2) is 32.7 Å². The second-order valence-electron chi connectivity index (χ2n) is 19.3. The first-order valence-corrected chi connectivity index (χ1v) is 18.8. The zero-order chi connectivity index (χ0) is 36.3. The average Bonchev–Trinajstić information content (AvgIpc) is 3.33. The number of benzene rings is 2. The molecule has 3 aliphatic heterocycles. The Kier molecular flexibility index (Phi) is 8.69. The molecule has 3 saturated heterocycles. The van der Waals surface area contributed by atoms with Crippen LogP contribution in [0, 0.1) is 0 Å². The Balaban J connectivity index is 1.60. The van der Waals surface area contributed by atoms with Gasteiger partial charge in [0, 0.05) is 21.9 Å². The summed E-state index contributed by atoms with van der Waals surface area (Å²) < 4.78 is 52.7. The molecule has 0 saturated carbocycles. The number of fused-ring (bicyclic) bond motifs is 6. The first kappa shape index (κ1) is 36.9. The summed E-state index contributed by atoms with van der Waals surface area (Å²) >= 11 is 0. The molecule has 0 N–H and O–H groups in total. The molecule has 0 unspecified atom stereocenters. The van der Waals surface area contributed by atoms with Gasteiger partial charge in [0.05, 0.1) is 6.61 Å². The summed E-state index contributed by atoms with van der Waals surface area (Å²) in [5, 5.41) is 2.04. The maximum atomic E-state index is 6.98. The van der Waals surface area contributed by atoms with Crippen molar-refractivity contribution in [2.75, 3.05) is 13.2 Å². The van der Waals surface area contributed by atoms with E-state index in [9.17, 15) is 0 Å². The van der Waals surface area contributed by atoms with Crippen molar-refractivity contribution in [1.29, 1.82) is 0 Å². The Labute approximate surface area is 294 Å². The smallest absolute Gasteiger partial charge is 0.387 e. The number of ether oxygens (including phenoxy) is 5. The molecular formula is C40H59O8P. The van der Waals surface area contributed by atoms with Gasteiger partial charge in [0.25, 0.3) is 0 Å². The van der Waals surface area contributed by atoms with Gasteiger partial charge in [0.15, 0.2) is 11.6 Å². The van der Waals surface area contributed by atoms with Gasteiger partial charge >= 0.3 is 8.24 Å². The third-order valence-corrected chi connectivity index (χ3v) is 10.8. The first-order valence-electron chi connectivity index (χ1n) is 17.7. The SMILES string of the molecule is CC1(C)O[C@H]2[C@H](CO[C@]3(COp4oc5c(C(C)(C)C)cc(C(C)(C)C)cc5c5cc(C(C)(C)C)cc(C(C)(C)C)c5o4)OC(C)(C)O[C@H]23)O1. The van der Waals surface area contributed by atoms with Crippen LogP contribution in [0.1, 0.15) is 133 Å². The molecular weight excluding hydrogens is 639 g/mol. The lowest BCUT2D eigenvalue weighted by Crippen LogP contribution is -2.60. The Hall–Kier alpha value is -1.90. The fourth-order valence-electron chi connectivity index (χ4n) is 7.15. The van der Waals surface area contributed by atoms with Crippen LogP contribution in [0.4, 0.5) is 0 Å². The lowest BCUT2D eigenvalue weighted by Gasteiger charge is -2.40. The van der Waals surface area contributed by atoms with E-state index in [4.69, 9.17) is 36.6 Å². The minimum absolute atomic E-state index is 0.0142. The minimum atomic E-state index is -1.98. The molecule has 4 heterocycles. The quantitative estimate of drug-likeness (QED) is 0.267. The van der Waals surface area contributed by atoms with Crippen molar-refractivity contribution in [3.8, 4) is 0 Å². The van der Waals surface area contributed by atoms with Crippen LogP contribution in [0.25, 0.3) is 21.9 Å². The average molecular weight is 699 g/mol. The third kappa shape index (κ3) is 7.01. The Morgan fingerprint density at radius 3 is 1.59 bits per heavy atom. The van der Waals surface area contributed by atoms with Gasteiger partial charge < -0.3 is 32.1 Å². The molecule has 0 radical (unpaired) electrons. The Morgan fingerprint density at radius 2 is 1.14 bits per heavy atom. The predicted molar refractivity (Wildman–Crippen MR) is 195 cm³/mol. The van der Waals surface area contributed by atoms with Crippen molar-refractivity contribution in [1.82, 2.24) is 0 Å². The molecule has 8 nitrogen and oxygen atoms in total. The third-order valence-electron chi connectivity index (χ3n) is 9.79. The molecule has 3 fully saturated rings. The molecule has 1 aromatic heterocycles. The summed E-state index contributed by atoms with van der Waals surface area (Å²) in [5.41, 5.74) is 5.63. The van der Waals surface area contributed by atoms with E-state index in [2.05, 4.69) is 107 Å². The van der Waals surface area contributed by atoms with Gasteiger partial charge in [-0.05, 0) is 72.6 Å². The van der Waals surface area contributed by atoms with Gasteiger partial charge in [-0.2, -0.15) is 0 Å². The zero-order valence-electron chi connectivity index (χ0n) is 32.7. The highest BCUT2D eigenvalue weighted by molar-refractivity contribution is 7.31. The van der Waals surface area contributed by atoms with Crippen LogP contribution < -0.4 is 4.52 Å². The molecule has 3 aliphatic rings. The predicted octanol–water partition coefficient (Wildman–Crippen LogP) is 10.3. The molecule has 0 bridgehead atoms. The molecule has 0 amide bonds. The second-order valence-corrected chi connectivity index (χ2v) is 20.4. The molecule has 49 heavy (non-hydrogen) atoms. The fraction of sp³-hybridized carbons (Fsp3) is 0.700. The summed E-state index contributed by atoms with van der Waals surface area (Å²) in [4.78, 5) is 0. The van der Waals surface area contributed by atoms with Crippen LogP contribution in [0.3, 0.4) is 0 Å². The molecule has 9 heteroatoms. The highest BCUT2D eigenvalue weighted by atomic mass is 31.1. The van der Waals surface area contributed by atoms with Crippen LogP contribution in [0.5, 0.6) is 0 Å². The topological polar surface area (TPSA) is 81.7 Å². The fourth-order valence-corrected chi connectivity index (χ4v) is 8.27. The monoisotopic (exact) mass is 698 g/mol. The van der Waals surface area contributed by atoms with E-state index in [0.29, 0.717) is 0 Å². The number of rotatable bonds is 3. The summed E-state index contributed by atoms with van der Waals surface area (Å²) in [5.74, 6) is -2.93. The lowest BCUT2D eigenvalue weighted by atomic mass is 9.77. The van der Waals surface area contributed by atoms with E-state index in [1.54, 1.807) is 0 Å².